The monoisotopic (exact) mass is 391 g/mol. The van der Waals surface area contributed by atoms with Gasteiger partial charge in [0.05, 0.1) is 12.2 Å². The number of ether oxygens (including phenoxy) is 1. The van der Waals surface area contributed by atoms with Crippen LogP contribution in [0.4, 0.5) is 0 Å². The first kappa shape index (κ1) is 20.6. The van der Waals surface area contributed by atoms with Gasteiger partial charge in [-0.05, 0) is 50.5 Å². The summed E-state index contributed by atoms with van der Waals surface area (Å²) < 4.78 is 6.03. The molecule has 6 heteroatoms. The van der Waals surface area contributed by atoms with Crippen molar-refractivity contribution in [3.8, 4) is 5.75 Å². The maximum absolute atomic E-state index is 6.03. The Balaban J connectivity index is 2.00. The van der Waals surface area contributed by atoms with Crippen molar-refractivity contribution in [2.24, 2.45) is 0 Å². The molecule has 26 heavy (non-hydrogen) atoms. The second-order valence-corrected chi connectivity index (χ2v) is 8.10. The summed E-state index contributed by atoms with van der Waals surface area (Å²) in [5, 5.41) is 7.08. The van der Waals surface area contributed by atoms with Crippen LogP contribution in [0.2, 0.25) is 0 Å². The molecule has 1 aromatic carbocycles. The molecule has 2 aromatic rings. The molecule has 0 unspecified atom stereocenters. The van der Waals surface area contributed by atoms with Crippen molar-refractivity contribution >= 4 is 28.7 Å². The van der Waals surface area contributed by atoms with Crippen molar-refractivity contribution in [2.75, 3.05) is 6.54 Å². The third-order valence-corrected chi connectivity index (χ3v) is 5.29. The van der Waals surface area contributed by atoms with E-state index in [1.807, 2.05) is 12.1 Å². The quantitative estimate of drug-likeness (QED) is 0.645. The predicted molar refractivity (Wildman–Crippen MR) is 114 cm³/mol. The van der Waals surface area contributed by atoms with Gasteiger partial charge in [0.15, 0.2) is 5.11 Å². The number of nitrogens with one attached hydrogen (secondary N) is 1. The van der Waals surface area contributed by atoms with Crippen LogP contribution >= 0.6 is 23.6 Å². The lowest BCUT2D eigenvalue weighted by atomic mass is 10.0. The SMILES string of the molecule is CCNC(=S)N(Cc1csc(COc2ccccc2C(C)C)n1)C(C)C. The lowest BCUT2D eigenvalue weighted by Crippen LogP contribution is -2.43. The summed E-state index contributed by atoms with van der Waals surface area (Å²) in [7, 11) is 0. The van der Waals surface area contributed by atoms with Gasteiger partial charge in [0.25, 0.3) is 0 Å². The molecule has 0 fully saturated rings. The summed E-state index contributed by atoms with van der Waals surface area (Å²) in [6.45, 7) is 12.7. The summed E-state index contributed by atoms with van der Waals surface area (Å²) in [6, 6.07) is 8.53. The summed E-state index contributed by atoms with van der Waals surface area (Å²) in [5.41, 5.74) is 2.26. The third kappa shape index (κ3) is 5.68. The first-order valence-corrected chi connectivity index (χ1v) is 10.4. The van der Waals surface area contributed by atoms with E-state index in [4.69, 9.17) is 21.9 Å². The van der Waals surface area contributed by atoms with E-state index in [1.54, 1.807) is 11.3 Å². The Kier molecular flexibility index (Phi) is 7.85. The molecule has 0 saturated carbocycles. The number of nitrogens with zero attached hydrogens (tertiary/aromatic N) is 2. The number of rotatable bonds is 8. The number of para-hydroxylation sites is 1. The van der Waals surface area contributed by atoms with E-state index < -0.39 is 0 Å². The van der Waals surface area contributed by atoms with Gasteiger partial charge >= 0.3 is 0 Å². The van der Waals surface area contributed by atoms with Crippen LogP contribution in [0, 0.1) is 0 Å². The van der Waals surface area contributed by atoms with E-state index in [9.17, 15) is 0 Å². The highest BCUT2D eigenvalue weighted by molar-refractivity contribution is 7.80. The number of aromatic nitrogens is 1. The molecular weight excluding hydrogens is 362 g/mol. The Labute approximate surface area is 166 Å². The van der Waals surface area contributed by atoms with Crippen LogP contribution in [0.3, 0.4) is 0 Å². The second kappa shape index (κ2) is 9.88. The summed E-state index contributed by atoms with van der Waals surface area (Å²) in [5.74, 6) is 1.38. The van der Waals surface area contributed by atoms with Crippen LogP contribution in [0.1, 0.15) is 56.8 Å². The minimum atomic E-state index is 0.320. The van der Waals surface area contributed by atoms with Gasteiger partial charge in [-0.2, -0.15) is 0 Å². The number of hydrogen-bond donors (Lipinski definition) is 1. The number of thiazole rings is 1. The minimum Gasteiger partial charge on any atom is -0.486 e. The first-order chi connectivity index (χ1) is 12.4. The maximum Gasteiger partial charge on any atom is 0.169 e. The van der Waals surface area contributed by atoms with Crippen molar-refractivity contribution in [1.29, 1.82) is 0 Å². The largest absolute Gasteiger partial charge is 0.486 e. The third-order valence-electron chi connectivity index (χ3n) is 4.04. The van der Waals surface area contributed by atoms with Gasteiger partial charge in [0, 0.05) is 18.0 Å². The van der Waals surface area contributed by atoms with Gasteiger partial charge in [-0.1, -0.05) is 32.0 Å². The molecule has 0 bridgehead atoms. The van der Waals surface area contributed by atoms with Crippen LogP contribution in [0.25, 0.3) is 0 Å². The molecule has 0 aliphatic rings. The van der Waals surface area contributed by atoms with Crippen LogP contribution in [0.5, 0.6) is 5.75 Å². The topological polar surface area (TPSA) is 37.4 Å². The number of benzene rings is 1. The zero-order chi connectivity index (χ0) is 19.1. The summed E-state index contributed by atoms with van der Waals surface area (Å²) >= 11 is 7.11. The number of thiocarbonyl (C=S) groups is 1. The molecule has 0 atom stereocenters. The fraction of sp³-hybridized carbons (Fsp3) is 0.500. The molecule has 0 saturated heterocycles. The molecule has 0 aliphatic carbocycles. The van der Waals surface area contributed by atoms with Crippen molar-refractivity contribution < 1.29 is 4.74 Å². The molecule has 1 heterocycles. The lowest BCUT2D eigenvalue weighted by molar-refractivity contribution is 0.299. The highest BCUT2D eigenvalue weighted by atomic mass is 32.1. The second-order valence-electron chi connectivity index (χ2n) is 6.77. The molecular formula is C20H29N3OS2. The van der Waals surface area contributed by atoms with Crippen LogP contribution in [-0.2, 0) is 13.2 Å². The summed E-state index contributed by atoms with van der Waals surface area (Å²) in [4.78, 5) is 6.89. The van der Waals surface area contributed by atoms with Crippen molar-refractivity contribution in [1.82, 2.24) is 15.2 Å². The smallest absolute Gasteiger partial charge is 0.169 e. The van der Waals surface area contributed by atoms with Crippen molar-refractivity contribution in [3.05, 3.63) is 45.9 Å². The Morgan fingerprint density at radius 3 is 2.65 bits per heavy atom. The van der Waals surface area contributed by atoms with Crippen LogP contribution < -0.4 is 10.1 Å². The van der Waals surface area contributed by atoms with E-state index in [0.29, 0.717) is 25.1 Å². The molecule has 0 amide bonds. The Hall–Kier alpha value is -1.66. The molecule has 0 aliphatic heterocycles. The molecule has 0 spiro atoms. The van der Waals surface area contributed by atoms with Crippen molar-refractivity contribution in [2.45, 2.75) is 59.7 Å². The predicted octanol–water partition coefficient (Wildman–Crippen LogP) is 4.95. The minimum absolute atomic E-state index is 0.320. The molecule has 1 N–H and O–H groups in total. The fourth-order valence-corrected chi connectivity index (χ4v) is 3.75. The van der Waals surface area contributed by atoms with Crippen molar-refractivity contribution in [3.63, 3.8) is 0 Å². The average Bonchev–Trinajstić information content (AvgIpc) is 3.05. The zero-order valence-corrected chi connectivity index (χ0v) is 17.9. The normalized spacial score (nSPS) is 11.0. The van der Waals surface area contributed by atoms with Gasteiger partial charge in [-0.3, -0.25) is 0 Å². The molecule has 0 radical (unpaired) electrons. The molecule has 1 aromatic heterocycles. The highest BCUT2D eigenvalue weighted by Crippen LogP contribution is 2.27. The van der Waals surface area contributed by atoms with E-state index in [2.05, 4.69) is 62.3 Å². The van der Waals surface area contributed by atoms with Gasteiger partial charge in [0.2, 0.25) is 0 Å². The van der Waals surface area contributed by atoms with Gasteiger partial charge < -0.3 is 15.0 Å². The van der Waals surface area contributed by atoms with Crippen LogP contribution in [-0.4, -0.2) is 27.6 Å². The Morgan fingerprint density at radius 2 is 2.00 bits per heavy atom. The Morgan fingerprint density at radius 1 is 1.27 bits per heavy atom. The first-order valence-electron chi connectivity index (χ1n) is 9.11. The standard InChI is InChI=1S/C20H29N3OS2/c1-6-21-20(25)23(15(4)5)11-16-13-26-19(22-16)12-24-18-10-8-7-9-17(18)14(2)3/h7-10,13-15H,6,11-12H2,1-5H3,(H,21,25). The zero-order valence-electron chi connectivity index (χ0n) is 16.3. The van der Waals surface area contributed by atoms with Gasteiger partial charge in [0.1, 0.15) is 17.4 Å². The maximum atomic E-state index is 6.03. The molecule has 2 rings (SSSR count). The highest BCUT2D eigenvalue weighted by Gasteiger charge is 2.15. The van der Waals surface area contributed by atoms with E-state index in [0.717, 1.165) is 28.1 Å². The molecule has 142 valence electrons. The Bertz CT molecular complexity index is 713. The van der Waals surface area contributed by atoms with Crippen LogP contribution in [0.15, 0.2) is 29.6 Å². The average molecular weight is 392 g/mol. The van der Waals surface area contributed by atoms with Gasteiger partial charge in [-0.15, -0.1) is 11.3 Å². The van der Waals surface area contributed by atoms with E-state index in [-0.39, 0.29) is 0 Å². The fourth-order valence-electron chi connectivity index (χ4n) is 2.63. The van der Waals surface area contributed by atoms with E-state index in [1.165, 1.54) is 5.56 Å². The molecule has 4 nitrogen and oxygen atoms in total. The van der Waals surface area contributed by atoms with E-state index >= 15 is 0 Å². The van der Waals surface area contributed by atoms with Gasteiger partial charge in [-0.25, -0.2) is 4.98 Å². The number of hydrogen-bond acceptors (Lipinski definition) is 4. The summed E-state index contributed by atoms with van der Waals surface area (Å²) in [6.07, 6.45) is 0. The lowest BCUT2D eigenvalue weighted by Gasteiger charge is -2.28.